The molecule has 19 heavy (non-hydrogen) atoms. The van der Waals surface area contributed by atoms with Gasteiger partial charge in [-0.1, -0.05) is 39.0 Å². The average molecular weight is 261 g/mol. The van der Waals surface area contributed by atoms with E-state index in [0.29, 0.717) is 0 Å². The maximum atomic E-state index is 7.37. The van der Waals surface area contributed by atoms with Crippen molar-refractivity contribution in [3.63, 3.8) is 0 Å². The molecule has 0 heterocycles. The Morgan fingerprint density at radius 1 is 1.05 bits per heavy atom. The molecular weight excluding hydrogens is 234 g/mol. The van der Waals surface area contributed by atoms with Crippen LogP contribution in [0.15, 0.2) is 24.3 Å². The highest BCUT2D eigenvalue weighted by atomic mass is 15.1. The van der Waals surface area contributed by atoms with E-state index in [1.165, 1.54) is 44.2 Å². The van der Waals surface area contributed by atoms with Gasteiger partial charge < -0.3 is 10.6 Å². The predicted octanol–water partition coefficient (Wildman–Crippen LogP) is 3.77. The number of unbranched alkanes of at least 4 members (excludes halogenated alkanes) is 5. The predicted molar refractivity (Wildman–Crippen MR) is 84.1 cm³/mol. The molecule has 0 saturated carbocycles. The second-order valence-corrected chi connectivity index (χ2v) is 5.15. The van der Waals surface area contributed by atoms with Crippen molar-refractivity contribution >= 4 is 11.5 Å². The highest BCUT2D eigenvalue weighted by Crippen LogP contribution is 2.15. The first-order valence-corrected chi connectivity index (χ1v) is 7.30. The molecular formula is C16H27N3. The lowest BCUT2D eigenvalue weighted by atomic mass is 10.1. The van der Waals surface area contributed by atoms with E-state index < -0.39 is 0 Å². The van der Waals surface area contributed by atoms with Crippen molar-refractivity contribution in [2.24, 2.45) is 5.73 Å². The van der Waals surface area contributed by atoms with Crippen molar-refractivity contribution < 1.29 is 0 Å². The van der Waals surface area contributed by atoms with Crippen molar-refractivity contribution in [2.45, 2.75) is 45.4 Å². The number of nitrogens with one attached hydrogen (secondary N) is 1. The number of nitrogens with two attached hydrogens (primary N) is 1. The Bertz CT molecular complexity index is 370. The van der Waals surface area contributed by atoms with Gasteiger partial charge in [-0.15, -0.1) is 0 Å². The van der Waals surface area contributed by atoms with Gasteiger partial charge in [-0.2, -0.15) is 0 Å². The summed E-state index contributed by atoms with van der Waals surface area (Å²) < 4.78 is 0. The van der Waals surface area contributed by atoms with Crippen molar-refractivity contribution in [2.75, 3.05) is 18.5 Å². The first-order chi connectivity index (χ1) is 9.15. The van der Waals surface area contributed by atoms with Gasteiger partial charge >= 0.3 is 0 Å². The van der Waals surface area contributed by atoms with Crippen LogP contribution < -0.4 is 10.6 Å². The summed E-state index contributed by atoms with van der Waals surface area (Å²) in [4.78, 5) is 2.27. The molecule has 0 unspecified atom stereocenters. The fourth-order valence-electron chi connectivity index (χ4n) is 2.15. The molecule has 0 aliphatic heterocycles. The van der Waals surface area contributed by atoms with Crippen LogP contribution >= 0.6 is 0 Å². The van der Waals surface area contributed by atoms with Gasteiger partial charge in [-0.3, -0.25) is 5.41 Å². The average Bonchev–Trinajstić information content (AvgIpc) is 2.42. The van der Waals surface area contributed by atoms with E-state index in [1.54, 1.807) is 0 Å². The molecule has 0 fully saturated rings. The largest absolute Gasteiger partial charge is 0.384 e. The van der Waals surface area contributed by atoms with Crippen molar-refractivity contribution in [1.82, 2.24) is 0 Å². The maximum absolute atomic E-state index is 7.37. The Morgan fingerprint density at radius 2 is 1.63 bits per heavy atom. The third-order valence-corrected chi connectivity index (χ3v) is 3.47. The molecule has 0 saturated heterocycles. The van der Waals surface area contributed by atoms with Gasteiger partial charge in [0.25, 0.3) is 0 Å². The van der Waals surface area contributed by atoms with E-state index in [9.17, 15) is 0 Å². The van der Waals surface area contributed by atoms with Crippen LogP contribution in [0.4, 0.5) is 5.69 Å². The Balaban J connectivity index is 2.29. The zero-order chi connectivity index (χ0) is 14.1. The number of benzene rings is 1. The van der Waals surface area contributed by atoms with Crippen LogP contribution in [-0.2, 0) is 0 Å². The molecule has 0 spiro atoms. The van der Waals surface area contributed by atoms with Gasteiger partial charge in [0, 0.05) is 24.8 Å². The van der Waals surface area contributed by atoms with Crippen LogP contribution in [0.25, 0.3) is 0 Å². The van der Waals surface area contributed by atoms with E-state index in [0.717, 1.165) is 12.1 Å². The monoisotopic (exact) mass is 261 g/mol. The van der Waals surface area contributed by atoms with Crippen molar-refractivity contribution in [3.05, 3.63) is 29.8 Å². The van der Waals surface area contributed by atoms with Gasteiger partial charge in [0.1, 0.15) is 5.84 Å². The van der Waals surface area contributed by atoms with E-state index >= 15 is 0 Å². The number of nitrogen functional groups attached to an aromatic ring is 1. The number of anilines is 1. The fourth-order valence-corrected chi connectivity index (χ4v) is 2.15. The molecule has 0 aromatic heterocycles. The van der Waals surface area contributed by atoms with Crippen LogP contribution in [0.2, 0.25) is 0 Å². The number of hydrogen-bond donors (Lipinski definition) is 2. The molecule has 0 aliphatic carbocycles. The maximum Gasteiger partial charge on any atom is 0.122 e. The molecule has 0 aliphatic rings. The minimum atomic E-state index is 0.130. The lowest BCUT2D eigenvalue weighted by molar-refractivity contribution is 0.606. The van der Waals surface area contributed by atoms with Gasteiger partial charge in [0.2, 0.25) is 0 Å². The second kappa shape index (κ2) is 8.57. The summed E-state index contributed by atoms with van der Waals surface area (Å²) in [6, 6.07) is 7.90. The minimum Gasteiger partial charge on any atom is -0.384 e. The van der Waals surface area contributed by atoms with E-state index in [2.05, 4.69) is 18.9 Å². The molecule has 0 amide bonds. The number of rotatable bonds is 9. The van der Waals surface area contributed by atoms with Crippen LogP contribution in [0.3, 0.4) is 0 Å². The van der Waals surface area contributed by atoms with Crippen LogP contribution in [0.1, 0.15) is 51.0 Å². The second-order valence-electron chi connectivity index (χ2n) is 5.15. The fraction of sp³-hybridized carbons (Fsp3) is 0.562. The van der Waals surface area contributed by atoms with Gasteiger partial charge in [-0.05, 0) is 30.7 Å². The summed E-state index contributed by atoms with van der Waals surface area (Å²) in [7, 11) is 2.12. The van der Waals surface area contributed by atoms with E-state index in [1.807, 2.05) is 24.3 Å². The van der Waals surface area contributed by atoms with E-state index in [4.69, 9.17) is 11.1 Å². The summed E-state index contributed by atoms with van der Waals surface area (Å²) in [5.41, 5.74) is 7.43. The first kappa shape index (κ1) is 15.5. The molecule has 1 rings (SSSR count). The van der Waals surface area contributed by atoms with Crippen LogP contribution in [0.5, 0.6) is 0 Å². The summed E-state index contributed by atoms with van der Waals surface area (Å²) >= 11 is 0. The van der Waals surface area contributed by atoms with Crippen molar-refractivity contribution in [3.8, 4) is 0 Å². The molecule has 0 bridgehead atoms. The summed E-state index contributed by atoms with van der Waals surface area (Å²) in [5, 5.41) is 7.37. The Kier molecular flexibility index (Phi) is 7.01. The van der Waals surface area contributed by atoms with Gasteiger partial charge in [0.15, 0.2) is 0 Å². The van der Waals surface area contributed by atoms with Crippen LogP contribution in [0, 0.1) is 5.41 Å². The van der Waals surface area contributed by atoms with E-state index in [-0.39, 0.29) is 5.84 Å². The first-order valence-electron chi connectivity index (χ1n) is 7.30. The molecule has 3 N–H and O–H groups in total. The minimum absolute atomic E-state index is 0.130. The Hall–Kier alpha value is -1.51. The highest BCUT2D eigenvalue weighted by molar-refractivity contribution is 5.95. The standard InChI is InChI=1S/C16H27N3/c1-3-4-5-6-7-8-13-19(2)15-11-9-14(10-12-15)16(17)18/h9-12H,3-8,13H2,1-2H3,(H3,17,18). The summed E-state index contributed by atoms with van der Waals surface area (Å²) in [6.07, 6.45) is 7.95. The molecule has 1 aromatic carbocycles. The third kappa shape index (κ3) is 5.77. The van der Waals surface area contributed by atoms with Crippen molar-refractivity contribution in [1.29, 1.82) is 5.41 Å². The third-order valence-electron chi connectivity index (χ3n) is 3.47. The topological polar surface area (TPSA) is 53.1 Å². The molecule has 3 heteroatoms. The number of hydrogen-bond acceptors (Lipinski definition) is 2. The quantitative estimate of drug-likeness (QED) is 0.404. The van der Waals surface area contributed by atoms with Crippen LogP contribution in [-0.4, -0.2) is 19.4 Å². The zero-order valence-corrected chi connectivity index (χ0v) is 12.3. The Labute approximate surface area is 117 Å². The summed E-state index contributed by atoms with van der Waals surface area (Å²) in [6.45, 7) is 3.34. The van der Waals surface area contributed by atoms with Gasteiger partial charge in [-0.25, -0.2) is 0 Å². The van der Waals surface area contributed by atoms with Gasteiger partial charge in [0.05, 0.1) is 0 Å². The summed E-state index contributed by atoms with van der Waals surface area (Å²) in [5.74, 6) is 0.130. The Morgan fingerprint density at radius 3 is 2.21 bits per heavy atom. The lowest BCUT2D eigenvalue weighted by Crippen LogP contribution is -2.18. The number of nitrogens with zero attached hydrogens (tertiary/aromatic N) is 1. The molecule has 3 nitrogen and oxygen atoms in total. The molecule has 0 radical (unpaired) electrons. The smallest absolute Gasteiger partial charge is 0.122 e. The molecule has 1 aromatic rings. The lowest BCUT2D eigenvalue weighted by Gasteiger charge is -2.19. The molecule has 0 atom stereocenters. The zero-order valence-electron chi connectivity index (χ0n) is 12.3. The SMILES string of the molecule is CCCCCCCCN(C)c1ccc(C(=N)N)cc1. The highest BCUT2D eigenvalue weighted by Gasteiger charge is 2.02. The number of amidine groups is 1. The normalized spacial score (nSPS) is 10.4. The molecule has 106 valence electrons.